The molecule has 0 aliphatic rings. The summed E-state index contributed by atoms with van der Waals surface area (Å²) in [5, 5.41) is 12.6. The molecule has 1 aromatic carbocycles. The van der Waals surface area contributed by atoms with Gasteiger partial charge in [-0.25, -0.2) is 0 Å². The molecule has 0 radical (unpaired) electrons. The summed E-state index contributed by atoms with van der Waals surface area (Å²) in [6.07, 6.45) is 0. The number of thioether (sulfide) groups is 1. The summed E-state index contributed by atoms with van der Waals surface area (Å²) < 4.78 is 5.63. The van der Waals surface area contributed by atoms with Gasteiger partial charge in [-0.2, -0.15) is 0 Å². The number of primary amides is 1. The highest BCUT2D eigenvalue weighted by Gasteiger charge is 2.21. The van der Waals surface area contributed by atoms with Crippen LogP contribution in [0.5, 0.6) is 0 Å². The van der Waals surface area contributed by atoms with E-state index in [0.29, 0.717) is 21.7 Å². The average molecular weight is 388 g/mol. The van der Waals surface area contributed by atoms with Crippen molar-refractivity contribution < 1.29 is 14.0 Å². The van der Waals surface area contributed by atoms with Crippen molar-refractivity contribution in [1.29, 1.82) is 0 Å². The van der Waals surface area contributed by atoms with Gasteiger partial charge in [-0.1, -0.05) is 29.5 Å². The third-order valence-electron chi connectivity index (χ3n) is 3.49. The van der Waals surface area contributed by atoms with Gasteiger partial charge in [0, 0.05) is 5.56 Å². The Bertz CT molecular complexity index is 951. The molecule has 0 spiro atoms. The topological polar surface area (TPSA) is 111 Å². The molecule has 2 heterocycles. The predicted octanol–water partition coefficient (Wildman–Crippen LogP) is 3.32. The van der Waals surface area contributed by atoms with E-state index in [1.54, 1.807) is 18.4 Å². The highest BCUT2D eigenvalue weighted by Crippen LogP contribution is 2.28. The Hall–Kier alpha value is -2.65. The number of hydrogen-bond acceptors (Lipinski definition) is 7. The van der Waals surface area contributed by atoms with Crippen LogP contribution in [0.3, 0.4) is 0 Å². The first kappa shape index (κ1) is 18.2. The smallest absolute Gasteiger partial charge is 0.277 e. The zero-order valence-corrected chi connectivity index (χ0v) is 15.7. The van der Waals surface area contributed by atoms with Crippen molar-refractivity contribution >= 4 is 39.9 Å². The Morgan fingerprint density at radius 1 is 1.31 bits per heavy atom. The molecule has 0 saturated heterocycles. The van der Waals surface area contributed by atoms with Crippen LogP contribution in [0.1, 0.15) is 22.8 Å². The lowest BCUT2D eigenvalue weighted by atomic mass is 10.1. The largest absolute Gasteiger partial charge is 0.411 e. The predicted molar refractivity (Wildman–Crippen MR) is 101 cm³/mol. The maximum absolute atomic E-state index is 12.3. The minimum absolute atomic E-state index is 0.282. The van der Waals surface area contributed by atoms with Crippen molar-refractivity contribution in [3.05, 3.63) is 46.8 Å². The Morgan fingerprint density at radius 2 is 2.12 bits per heavy atom. The Morgan fingerprint density at radius 3 is 2.85 bits per heavy atom. The first-order valence-electron chi connectivity index (χ1n) is 7.69. The van der Waals surface area contributed by atoms with E-state index in [1.807, 2.05) is 31.2 Å². The number of hydrogen-bond donors (Lipinski definition) is 2. The van der Waals surface area contributed by atoms with Crippen molar-refractivity contribution in [3.63, 3.8) is 0 Å². The molecule has 0 saturated carbocycles. The van der Waals surface area contributed by atoms with E-state index in [4.69, 9.17) is 10.2 Å². The van der Waals surface area contributed by atoms with Crippen LogP contribution in [-0.2, 0) is 4.79 Å². The highest BCUT2D eigenvalue weighted by molar-refractivity contribution is 8.00. The summed E-state index contributed by atoms with van der Waals surface area (Å²) in [4.78, 5) is 23.7. The Balaban J connectivity index is 1.66. The molecule has 9 heteroatoms. The van der Waals surface area contributed by atoms with Crippen LogP contribution in [0.15, 0.2) is 45.4 Å². The maximum atomic E-state index is 12.3. The molecule has 3 N–H and O–H groups in total. The molecule has 0 unspecified atom stereocenters. The summed E-state index contributed by atoms with van der Waals surface area (Å²) in [7, 11) is 0. The highest BCUT2D eigenvalue weighted by atomic mass is 32.2. The van der Waals surface area contributed by atoms with Gasteiger partial charge in [-0.15, -0.1) is 21.5 Å². The van der Waals surface area contributed by atoms with Crippen molar-refractivity contribution in [1.82, 2.24) is 10.2 Å². The SMILES string of the molecule is Cc1cccc(-c2nnc(S[C@H](C)C(=O)Nc3sccc3C(N)=O)o2)c1. The third kappa shape index (κ3) is 4.12. The number of benzene rings is 1. The first-order valence-corrected chi connectivity index (χ1v) is 9.45. The number of rotatable bonds is 6. The molecule has 134 valence electrons. The van der Waals surface area contributed by atoms with E-state index in [0.717, 1.165) is 22.9 Å². The minimum Gasteiger partial charge on any atom is -0.411 e. The molecule has 0 aliphatic heterocycles. The number of aromatic nitrogens is 2. The summed E-state index contributed by atoms with van der Waals surface area (Å²) in [6, 6.07) is 9.29. The van der Waals surface area contributed by atoms with E-state index in [-0.39, 0.29) is 5.91 Å². The van der Waals surface area contributed by atoms with E-state index in [1.165, 1.54) is 11.3 Å². The number of nitrogens with zero attached hydrogens (tertiary/aromatic N) is 2. The monoisotopic (exact) mass is 388 g/mol. The van der Waals surface area contributed by atoms with Crippen LogP contribution in [0, 0.1) is 6.92 Å². The first-order chi connectivity index (χ1) is 12.4. The fourth-order valence-corrected chi connectivity index (χ4v) is 3.65. The minimum atomic E-state index is -0.582. The van der Waals surface area contributed by atoms with Crippen LogP contribution < -0.4 is 11.1 Å². The molecule has 26 heavy (non-hydrogen) atoms. The van der Waals surface area contributed by atoms with Crippen molar-refractivity contribution in [2.24, 2.45) is 5.73 Å². The van der Waals surface area contributed by atoms with E-state index >= 15 is 0 Å². The van der Waals surface area contributed by atoms with Gasteiger partial charge in [0.1, 0.15) is 5.00 Å². The second-order valence-corrected chi connectivity index (χ2v) is 7.73. The van der Waals surface area contributed by atoms with Crippen molar-refractivity contribution in [2.75, 3.05) is 5.32 Å². The van der Waals surface area contributed by atoms with Crippen LogP contribution in [0.2, 0.25) is 0 Å². The fraction of sp³-hybridized carbons (Fsp3) is 0.176. The molecular weight excluding hydrogens is 372 g/mol. The lowest BCUT2D eigenvalue weighted by Crippen LogP contribution is -2.23. The van der Waals surface area contributed by atoms with Gasteiger partial charge in [-0.05, 0) is 37.4 Å². The third-order valence-corrected chi connectivity index (χ3v) is 5.25. The number of carbonyl (C=O) groups is 2. The molecular formula is C17H16N4O3S2. The normalized spacial score (nSPS) is 11.9. The molecule has 0 fully saturated rings. The van der Waals surface area contributed by atoms with Gasteiger partial charge >= 0.3 is 0 Å². The fourth-order valence-electron chi connectivity index (χ4n) is 2.17. The molecule has 0 bridgehead atoms. The number of amides is 2. The average Bonchev–Trinajstić information content (AvgIpc) is 3.24. The summed E-state index contributed by atoms with van der Waals surface area (Å²) in [5.41, 5.74) is 7.48. The van der Waals surface area contributed by atoms with E-state index in [2.05, 4.69) is 15.5 Å². The van der Waals surface area contributed by atoms with Crippen LogP contribution in [-0.4, -0.2) is 27.3 Å². The summed E-state index contributed by atoms with van der Waals surface area (Å²) in [6.45, 7) is 3.70. The number of nitrogens with two attached hydrogens (primary N) is 1. The zero-order valence-electron chi connectivity index (χ0n) is 14.1. The number of nitrogens with one attached hydrogen (secondary N) is 1. The molecule has 0 aliphatic carbocycles. The lowest BCUT2D eigenvalue weighted by Gasteiger charge is -2.09. The Labute approximate surface area is 158 Å². The van der Waals surface area contributed by atoms with Crippen LogP contribution >= 0.6 is 23.1 Å². The van der Waals surface area contributed by atoms with E-state index < -0.39 is 11.2 Å². The van der Waals surface area contributed by atoms with Crippen LogP contribution in [0.25, 0.3) is 11.5 Å². The van der Waals surface area contributed by atoms with Gasteiger partial charge in [0.25, 0.3) is 11.1 Å². The number of carbonyl (C=O) groups excluding carboxylic acids is 2. The molecule has 1 atom stereocenters. The standard InChI is InChI=1S/C17H16N4O3S2/c1-9-4-3-5-11(8-9)15-20-21-17(24-15)26-10(2)14(23)19-16-12(13(18)22)6-7-25-16/h3-8,10H,1-2H3,(H2,18,22)(H,19,23)/t10-/m1/s1. The second kappa shape index (κ2) is 7.71. The summed E-state index contributed by atoms with van der Waals surface area (Å²) in [5.74, 6) is -0.463. The van der Waals surface area contributed by atoms with Gasteiger partial charge < -0.3 is 15.5 Å². The van der Waals surface area contributed by atoms with E-state index in [9.17, 15) is 9.59 Å². The van der Waals surface area contributed by atoms with Crippen molar-refractivity contribution in [3.8, 4) is 11.5 Å². The second-order valence-electron chi connectivity index (χ2n) is 5.52. The van der Waals surface area contributed by atoms with Gasteiger partial charge in [0.05, 0.1) is 10.8 Å². The molecule has 7 nitrogen and oxygen atoms in total. The summed E-state index contributed by atoms with van der Waals surface area (Å²) >= 11 is 2.38. The number of aryl methyl sites for hydroxylation is 1. The molecule has 2 amide bonds. The maximum Gasteiger partial charge on any atom is 0.277 e. The van der Waals surface area contributed by atoms with Gasteiger partial charge in [0.15, 0.2) is 0 Å². The van der Waals surface area contributed by atoms with Gasteiger partial charge in [0.2, 0.25) is 11.8 Å². The number of thiophene rings is 1. The van der Waals surface area contributed by atoms with Crippen LogP contribution in [0.4, 0.5) is 5.00 Å². The van der Waals surface area contributed by atoms with Crippen molar-refractivity contribution in [2.45, 2.75) is 24.3 Å². The van der Waals surface area contributed by atoms with Gasteiger partial charge in [-0.3, -0.25) is 9.59 Å². The lowest BCUT2D eigenvalue weighted by molar-refractivity contribution is -0.115. The molecule has 2 aromatic heterocycles. The quantitative estimate of drug-likeness (QED) is 0.627. The number of anilines is 1. The molecule has 3 rings (SSSR count). The molecule has 3 aromatic rings. The zero-order chi connectivity index (χ0) is 18.7. The Kier molecular flexibility index (Phi) is 5.38.